The minimum atomic E-state index is -0.229. The summed E-state index contributed by atoms with van der Waals surface area (Å²) in [5.74, 6) is 0.659. The molecule has 4 aromatic rings. The summed E-state index contributed by atoms with van der Waals surface area (Å²) in [4.78, 5) is 20.2. The minimum absolute atomic E-state index is 0.229. The van der Waals surface area contributed by atoms with E-state index in [1.165, 1.54) is 18.4 Å². The lowest BCUT2D eigenvalue weighted by molar-refractivity contribution is 0.0981. The van der Waals surface area contributed by atoms with Crippen LogP contribution in [0.2, 0.25) is 5.02 Å². The van der Waals surface area contributed by atoms with Gasteiger partial charge in [0.05, 0.1) is 41.6 Å². The van der Waals surface area contributed by atoms with Gasteiger partial charge in [0.2, 0.25) is 0 Å². The SMILES string of the molecule is COc1cccc(C(=O)N(Cc2ccccc2)c2nc3c(C)ccc(Cl)c3s2)c1OC. The molecule has 5 nitrogen and oxygen atoms in total. The quantitative estimate of drug-likeness (QED) is 0.353. The van der Waals surface area contributed by atoms with Crippen molar-refractivity contribution < 1.29 is 14.3 Å². The number of hydrogen-bond donors (Lipinski definition) is 0. The van der Waals surface area contributed by atoms with Crippen LogP contribution in [0, 0.1) is 6.92 Å². The lowest BCUT2D eigenvalue weighted by Crippen LogP contribution is -2.30. The van der Waals surface area contributed by atoms with Gasteiger partial charge in [-0.2, -0.15) is 0 Å². The highest BCUT2D eigenvalue weighted by molar-refractivity contribution is 7.23. The highest BCUT2D eigenvalue weighted by atomic mass is 35.5. The Morgan fingerprint density at radius 1 is 1.03 bits per heavy atom. The molecule has 7 heteroatoms. The number of carbonyl (C=O) groups is 1. The molecule has 158 valence electrons. The van der Waals surface area contributed by atoms with Crippen LogP contribution in [0.4, 0.5) is 5.13 Å². The molecule has 1 heterocycles. The maximum Gasteiger partial charge on any atom is 0.264 e. The molecule has 31 heavy (non-hydrogen) atoms. The molecule has 3 aromatic carbocycles. The van der Waals surface area contributed by atoms with Crippen molar-refractivity contribution in [2.45, 2.75) is 13.5 Å². The summed E-state index contributed by atoms with van der Waals surface area (Å²) in [7, 11) is 3.07. The molecular weight excluding hydrogens is 432 g/mol. The van der Waals surface area contributed by atoms with E-state index in [9.17, 15) is 4.79 Å². The van der Waals surface area contributed by atoms with E-state index >= 15 is 0 Å². The van der Waals surface area contributed by atoms with Gasteiger partial charge in [0.25, 0.3) is 5.91 Å². The van der Waals surface area contributed by atoms with Crippen LogP contribution in [0.3, 0.4) is 0 Å². The Morgan fingerprint density at radius 2 is 1.81 bits per heavy atom. The van der Waals surface area contributed by atoms with Gasteiger partial charge in [-0.05, 0) is 36.2 Å². The van der Waals surface area contributed by atoms with Gasteiger partial charge in [-0.25, -0.2) is 4.98 Å². The molecule has 0 aliphatic heterocycles. The molecule has 1 aromatic heterocycles. The molecule has 0 N–H and O–H groups in total. The number of amides is 1. The van der Waals surface area contributed by atoms with Crippen molar-refractivity contribution in [1.29, 1.82) is 0 Å². The topological polar surface area (TPSA) is 51.7 Å². The van der Waals surface area contributed by atoms with Crippen molar-refractivity contribution >= 4 is 44.2 Å². The van der Waals surface area contributed by atoms with Gasteiger partial charge in [0.1, 0.15) is 0 Å². The number of thiazole rings is 1. The molecule has 0 saturated heterocycles. The number of rotatable bonds is 6. The van der Waals surface area contributed by atoms with Gasteiger partial charge in [-0.15, -0.1) is 0 Å². The molecule has 0 spiro atoms. The number of fused-ring (bicyclic) bond motifs is 1. The lowest BCUT2D eigenvalue weighted by atomic mass is 10.1. The third-order valence-corrected chi connectivity index (χ3v) is 6.52. The molecule has 0 bridgehead atoms. The first-order chi connectivity index (χ1) is 15.0. The number of anilines is 1. The van der Waals surface area contributed by atoms with E-state index < -0.39 is 0 Å². The molecule has 0 fully saturated rings. The maximum atomic E-state index is 13.8. The highest BCUT2D eigenvalue weighted by Gasteiger charge is 2.26. The molecule has 0 aliphatic rings. The van der Waals surface area contributed by atoms with Crippen LogP contribution in [0.1, 0.15) is 21.5 Å². The normalized spacial score (nSPS) is 10.8. The minimum Gasteiger partial charge on any atom is -0.493 e. The smallest absolute Gasteiger partial charge is 0.264 e. The van der Waals surface area contributed by atoms with Crippen LogP contribution in [-0.2, 0) is 6.54 Å². The van der Waals surface area contributed by atoms with Crippen molar-refractivity contribution in [2.75, 3.05) is 19.1 Å². The average molecular weight is 453 g/mol. The zero-order valence-electron chi connectivity index (χ0n) is 17.4. The summed E-state index contributed by atoms with van der Waals surface area (Å²) in [6.45, 7) is 2.34. The number of aryl methyl sites for hydroxylation is 1. The van der Waals surface area contributed by atoms with E-state index in [1.807, 2.05) is 49.4 Å². The Bertz CT molecular complexity index is 1200. The number of halogens is 1. The zero-order chi connectivity index (χ0) is 22.0. The Kier molecular flexibility index (Phi) is 6.11. The summed E-state index contributed by atoms with van der Waals surface area (Å²) < 4.78 is 11.8. The number of aromatic nitrogens is 1. The van der Waals surface area contributed by atoms with Crippen LogP contribution in [-0.4, -0.2) is 25.1 Å². The summed E-state index contributed by atoms with van der Waals surface area (Å²) in [6.07, 6.45) is 0. The van der Waals surface area contributed by atoms with E-state index in [1.54, 1.807) is 30.2 Å². The van der Waals surface area contributed by atoms with Crippen molar-refractivity contribution in [3.63, 3.8) is 0 Å². The highest BCUT2D eigenvalue weighted by Crippen LogP contribution is 2.38. The predicted octanol–water partition coefficient (Wildman–Crippen LogP) is 6.12. The fraction of sp³-hybridized carbons (Fsp3) is 0.167. The Balaban J connectivity index is 1.85. The molecule has 0 saturated carbocycles. The van der Waals surface area contributed by atoms with Gasteiger partial charge >= 0.3 is 0 Å². The van der Waals surface area contributed by atoms with E-state index in [2.05, 4.69) is 0 Å². The van der Waals surface area contributed by atoms with Crippen molar-refractivity contribution in [2.24, 2.45) is 0 Å². The summed E-state index contributed by atoms with van der Waals surface area (Å²) in [5.41, 5.74) is 3.20. The fourth-order valence-electron chi connectivity index (χ4n) is 3.40. The van der Waals surface area contributed by atoms with Crippen LogP contribution in [0.25, 0.3) is 10.2 Å². The van der Waals surface area contributed by atoms with Crippen LogP contribution >= 0.6 is 22.9 Å². The van der Waals surface area contributed by atoms with Crippen molar-refractivity contribution in [1.82, 2.24) is 4.98 Å². The number of ether oxygens (including phenoxy) is 2. The van der Waals surface area contributed by atoms with Crippen LogP contribution in [0.5, 0.6) is 11.5 Å². The van der Waals surface area contributed by atoms with Gasteiger partial charge in [-0.3, -0.25) is 9.69 Å². The number of hydrogen-bond acceptors (Lipinski definition) is 5. The molecular formula is C24H21ClN2O3S. The van der Waals surface area contributed by atoms with Gasteiger partial charge in [0.15, 0.2) is 16.6 Å². The average Bonchev–Trinajstić information content (AvgIpc) is 3.26. The summed E-state index contributed by atoms with van der Waals surface area (Å²) in [6, 6.07) is 18.9. The predicted molar refractivity (Wildman–Crippen MR) is 126 cm³/mol. The second-order valence-electron chi connectivity index (χ2n) is 6.96. The first kappa shape index (κ1) is 21.2. The van der Waals surface area contributed by atoms with Crippen LogP contribution < -0.4 is 14.4 Å². The summed E-state index contributed by atoms with van der Waals surface area (Å²) >= 11 is 7.82. The number of methoxy groups -OCH3 is 2. The molecule has 4 rings (SSSR count). The second-order valence-corrected chi connectivity index (χ2v) is 8.34. The monoisotopic (exact) mass is 452 g/mol. The largest absolute Gasteiger partial charge is 0.493 e. The van der Waals surface area contributed by atoms with Gasteiger partial charge in [-0.1, -0.05) is 65.4 Å². The lowest BCUT2D eigenvalue weighted by Gasteiger charge is -2.22. The van der Waals surface area contributed by atoms with E-state index in [0.29, 0.717) is 33.8 Å². The van der Waals surface area contributed by atoms with E-state index in [-0.39, 0.29) is 5.91 Å². The fourth-order valence-corrected chi connectivity index (χ4v) is 4.71. The molecule has 0 radical (unpaired) electrons. The second kappa shape index (κ2) is 8.96. The first-order valence-electron chi connectivity index (χ1n) is 9.66. The van der Waals surface area contributed by atoms with Crippen molar-refractivity contribution in [3.05, 3.63) is 82.4 Å². The third kappa shape index (κ3) is 4.09. The molecule has 0 atom stereocenters. The maximum absolute atomic E-state index is 13.8. The molecule has 0 unspecified atom stereocenters. The Morgan fingerprint density at radius 3 is 2.48 bits per heavy atom. The first-order valence-corrected chi connectivity index (χ1v) is 10.9. The Labute approximate surface area is 189 Å². The van der Waals surface area contributed by atoms with E-state index in [4.69, 9.17) is 26.1 Å². The number of carbonyl (C=O) groups excluding carboxylic acids is 1. The Hall–Kier alpha value is -3.09. The van der Waals surface area contributed by atoms with Gasteiger partial charge < -0.3 is 9.47 Å². The van der Waals surface area contributed by atoms with Crippen LogP contribution in [0.15, 0.2) is 60.7 Å². The molecule has 0 aliphatic carbocycles. The van der Waals surface area contributed by atoms with Gasteiger partial charge in [0, 0.05) is 0 Å². The summed E-state index contributed by atoms with van der Waals surface area (Å²) in [5, 5.41) is 1.19. The van der Waals surface area contributed by atoms with E-state index in [0.717, 1.165) is 21.3 Å². The zero-order valence-corrected chi connectivity index (χ0v) is 19.0. The number of para-hydroxylation sites is 1. The third-order valence-electron chi connectivity index (χ3n) is 4.98. The van der Waals surface area contributed by atoms with Crippen molar-refractivity contribution in [3.8, 4) is 11.5 Å². The standard InChI is InChI=1S/C24H21ClN2O3S/c1-15-12-13-18(25)22-20(15)26-24(31-22)27(14-16-8-5-4-6-9-16)23(28)17-10-7-11-19(29-2)21(17)30-3/h4-13H,14H2,1-3H3. The number of benzene rings is 3. The molecule has 1 amide bonds. The number of nitrogens with zero attached hydrogens (tertiary/aromatic N) is 2.